The van der Waals surface area contributed by atoms with E-state index in [9.17, 15) is 15.3 Å². The zero-order chi connectivity index (χ0) is 13.4. The van der Waals surface area contributed by atoms with E-state index in [1.165, 1.54) is 12.1 Å². The van der Waals surface area contributed by atoms with Crippen LogP contribution in [0, 0.1) is 5.92 Å². The van der Waals surface area contributed by atoms with Crippen molar-refractivity contribution >= 4 is 0 Å². The molecule has 2 aromatic rings. The van der Waals surface area contributed by atoms with Crippen LogP contribution in [0.4, 0.5) is 0 Å². The van der Waals surface area contributed by atoms with E-state index < -0.39 is 0 Å². The average molecular weight is 261 g/mol. The highest BCUT2D eigenvalue weighted by atomic mass is 16.3. The highest BCUT2D eigenvalue weighted by Gasteiger charge is 2.24. The lowest BCUT2D eigenvalue weighted by molar-refractivity contribution is 0.191. The molecule has 1 aromatic carbocycles. The van der Waals surface area contributed by atoms with Gasteiger partial charge < -0.3 is 19.9 Å². The number of hydrogen-bond donors (Lipinski definition) is 3. The third-order valence-electron chi connectivity index (χ3n) is 3.52. The van der Waals surface area contributed by atoms with Crippen LogP contribution in [0.3, 0.4) is 0 Å². The van der Waals surface area contributed by atoms with Gasteiger partial charge in [-0.2, -0.15) is 0 Å². The van der Waals surface area contributed by atoms with Crippen LogP contribution in [0.2, 0.25) is 0 Å². The Kier molecular flexibility index (Phi) is 2.87. The van der Waals surface area contributed by atoms with Crippen molar-refractivity contribution in [2.24, 2.45) is 5.92 Å². The first-order valence-corrected chi connectivity index (χ1v) is 6.24. The van der Waals surface area contributed by atoms with Gasteiger partial charge in [0.15, 0.2) is 5.82 Å². The van der Waals surface area contributed by atoms with E-state index in [1.54, 1.807) is 6.07 Å². The second kappa shape index (κ2) is 4.55. The predicted molar refractivity (Wildman–Crippen MR) is 67.7 cm³/mol. The van der Waals surface area contributed by atoms with Crippen LogP contribution in [0.5, 0.6) is 11.5 Å². The van der Waals surface area contributed by atoms with Gasteiger partial charge in [0.25, 0.3) is 0 Å². The Morgan fingerprint density at radius 3 is 2.84 bits per heavy atom. The second-order valence-electron chi connectivity index (χ2n) is 4.84. The Bertz CT molecular complexity index is 609. The molecule has 1 aromatic heterocycles. The van der Waals surface area contributed by atoms with E-state index in [0.717, 1.165) is 18.7 Å². The smallest absolute Gasteiger partial charge is 0.167 e. The topological polar surface area (TPSA) is 91.4 Å². The number of aliphatic hydroxyl groups excluding tert-OH is 1. The molecular formula is C13H15N3O3. The number of aromatic hydroxyl groups is 2. The maximum absolute atomic E-state index is 9.90. The predicted octanol–water partition coefficient (Wildman–Crippen LogP) is 0.911. The maximum atomic E-state index is 9.90. The number of hydrogen-bond acceptors (Lipinski definition) is 5. The van der Waals surface area contributed by atoms with Crippen molar-refractivity contribution in [3.05, 3.63) is 24.0 Å². The summed E-state index contributed by atoms with van der Waals surface area (Å²) in [5.41, 5.74) is 0.537. The number of fused-ring (bicyclic) bond motifs is 1. The lowest BCUT2D eigenvalue weighted by atomic mass is 10.00. The Morgan fingerprint density at radius 2 is 2.11 bits per heavy atom. The van der Waals surface area contributed by atoms with Gasteiger partial charge in [-0.3, -0.25) is 0 Å². The zero-order valence-corrected chi connectivity index (χ0v) is 10.3. The summed E-state index contributed by atoms with van der Waals surface area (Å²) < 4.78 is 1.93. The summed E-state index contributed by atoms with van der Waals surface area (Å²) in [5, 5.41) is 36.7. The number of rotatable bonds is 2. The zero-order valence-electron chi connectivity index (χ0n) is 10.3. The van der Waals surface area contributed by atoms with Crippen molar-refractivity contribution in [3.8, 4) is 22.9 Å². The fourth-order valence-corrected chi connectivity index (χ4v) is 2.45. The van der Waals surface area contributed by atoms with Crippen molar-refractivity contribution in [2.75, 3.05) is 6.61 Å². The number of benzene rings is 1. The van der Waals surface area contributed by atoms with Gasteiger partial charge in [-0.1, -0.05) is 0 Å². The van der Waals surface area contributed by atoms with Crippen molar-refractivity contribution < 1.29 is 15.3 Å². The summed E-state index contributed by atoms with van der Waals surface area (Å²) in [6.07, 6.45) is 1.67. The molecule has 2 heterocycles. The van der Waals surface area contributed by atoms with E-state index in [0.29, 0.717) is 17.9 Å². The normalized spacial score (nSPS) is 18.3. The first kappa shape index (κ1) is 12.0. The highest BCUT2D eigenvalue weighted by Crippen LogP contribution is 2.33. The van der Waals surface area contributed by atoms with Gasteiger partial charge in [0.05, 0.1) is 5.56 Å². The summed E-state index contributed by atoms with van der Waals surface area (Å²) in [6.45, 7) is 0.785. The van der Waals surface area contributed by atoms with Crippen LogP contribution in [-0.4, -0.2) is 36.7 Å². The van der Waals surface area contributed by atoms with Gasteiger partial charge in [-0.25, -0.2) is 0 Å². The molecule has 6 heteroatoms. The minimum atomic E-state index is -0.0266. The average Bonchev–Trinajstić information content (AvgIpc) is 2.81. The van der Waals surface area contributed by atoms with Crippen LogP contribution >= 0.6 is 0 Å². The van der Waals surface area contributed by atoms with Crippen LogP contribution < -0.4 is 0 Å². The van der Waals surface area contributed by atoms with Crippen LogP contribution in [0.15, 0.2) is 18.2 Å². The molecule has 0 saturated carbocycles. The van der Waals surface area contributed by atoms with Crippen molar-refractivity contribution in [1.29, 1.82) is 0 Å². The number of aryl methyl sites for hydroxylation is 1. The lowest BCUT2D eigenvalue weighted by Crippen LogP contribution is -2.23. The standard InChI is InChI=1S/C13H15N3O3/c17-7-8-1-4-12-14-15-13(16(12)6-8)10-3-2-9(18)5-11(10)19/h2-3,5,8,17-19H,1,4,6-7H2. The van der Waals surface area contributed by atoms with Crippen LogP contribution in [0.1, 0.15) is 12.2 Å². The molecule has 0 amide bonds. The van der Waals surface area contributed by atoms with E-state index >= 15 is 0 Å². The molecular weight excluding hydrogens is 246 g/mol. The summed E-state index contributed by atoms with van der Waals surface area (Å²) in [7, 11) is 0. The fraction of sp³-hybridized carbons (Fsp3) is 0.385. The molecule has 1 aliphatic heterocycles. The number of nitrogens with zero attached hydrogens (tertiary/aromatic N) is 3. The molecule has 1 aliphatic rings. The molecule has 1 atom stereocenters. The molecule has 19 heavy (non-hydrogen) atoms. The summed E-state index contributed by atoms with van der Waals surface area (Å²) >= 11 is 0. The summed E-state index contributed by atoms with van der Waals surface area (Å²) in [4.78, 5) is 0. The van der Waals surface area contributed by atoms with Gasteiger partial charge in [-0.15, -0.1) is 10.2 Å². The Morgan fingerprint density at radius 1 is 1.26 bits per heavy atom. The molecule has 0 bridgehead atoms. The molecule has 3 N–H and O–H groups in total. The number of aromatic nitrogens is 3. The molecule has 3 rings (SSSR count). The molecule has 100 valence electrons. The Labute approximate surface area is 110 Å². The first-order valence-electron chi connectivity index (χ1n) is 6.24. The second-order valence-corrected chi connectivity index (χ2v) is 4.84. The van der Waals surface area contributed by atoms with Gasteiger partial charge in [0.2, 0.25) is 0 Å². The van der Waals surface area contributed by atoms with Crippen molar-refractivity contribution in [3.63, 3.8) is 0 Å². The molecule has 0 aliphatic carbocycles. The molecule has 0 spiro atoms. The Hall–Kier alpha value is -2.08. The monoisotopic (exact) mass is 261 g/mol. The summed E-state index contributed by atoms with van der Waals surface area (Å²) in [5.74, 6) is 1.62. The SMILES string of the molecule is OCC1CCc2nnc(-c3ccc(O)cc3O)n2C1. The van der Waals surface area contributed by atoms with Crippen molar-refractivity contribution in [1.82, 2.24) is 14.8 Å². The van der Waals surface area contributed by atoms with Crippen LogP contribution in [-0.2, 0) is 13.0 Å². The highest BCUT2D eigenvalue weighted by molar-refractivity contribution is 5.65. The quantitative estimate of drug-likeness (QED) is 0.747. The first-order chi connectivity index (χ1) is 9.19. The third kappa shape index (κ3) is 2.04. The van der Waals surface area contributed by atoms with Gasteiger partial charge >= 0.3 is 0 Å². The number of phenolic OH excluding ortho intramolecular Hbond substituents is 2. The fourth-order valence-electron chi connectivity index (χ4n) is 2.45. The van der Waals surface area contributed by atoms with Gasteiger partial charge in [0.1, 0.15) is 17.3 Å². The molecule has 6 nitrogen and oxygen atoms in total. The molecule has 0 fully saturated rings. The lowest BCUT2D eigenvalue weighted by Gasteiger charge is -2.22. The number of phenols is 2. The van der Waals surface area contributed by atoms with E-state index in [4.69, 9.17) is 0 Å². The van der Waals surface area contributed by atoms with E-state index in [2.05, 4.69) is 10.2 Å². The number of aliphatic hydroxyl groups is 1. The summed E-state index contributed by atoms with van der Waals surface area (Å²) in [6, 6.07) is 4.40. The van der Waals surface area contributed by atoms with Gasteiger partial charge in [0, 0.05) is 31.6 Å². The third-order valence-corrected chi connectivity index (χ3v) is 3.52. The molecule has 0 saturated heterocycles. The Balaban J connectivity index is 2.05. The molecule has 1 unspecified atom stereocenters. The maximum Gasteiger partial charge on any atom is 0.167 e. The van der Waals surface area contributed by atoms with Crippen molar-refractivity contribution in [2.45, 2.75) is 19.4 Å². The molecule has 0 radical (unpaired) electrons. The van der Waals surface area contributed by atoms with Gasteiger partial charge in [-0.05, 0) is 18.6 Å². The van der Waals surface area contributed by atoms with E-state index in [1.807, 2.05) is 4.57 Å². The minimum Gasteiger partial charge on any atom is -0.508 e. The minimum absolute atomic E-state index is 0.00728. The van der Waals surface area contributed by atoms with Crippen LogP contribution in [0.25, 0.3) is 11.4 Å². The largest absolute Gasteiger partial charge is 0.508 e. The van der Waals surface area contributed by atoms with E-state index in [-0.39, 0.29) is 24.0 Å².